The van der Waals surface area contributed by atoms with Gasteiger partial charge in [0.15, 0.2) is 0 Å². The molecule has 3 aromatic rings. The topological polar surface area (TPSA) is 56.0 Å². The van der Waals surface area contributed by atoms with Gasteiger partial charge >= 0.3 is 0 Å². The van der Waals surface area contributed by atoms with Crippen LogP contribution in [0.25, 0.3) is 28.1 Å². The molecule has 1 aliphatic carbocycles. The summed E-state index contributed by atoms with van der Waals surface area (Å²) in [4.78, 5) is 10.9. The maximum absolute atomic E-state index is 4.76. The molecule has 0 amide bonds. The molecule has 0 spiro atoms. The highest BCUT2D eigenvalue weighted by molar-refractivity contribution is 5.72. The second-order valence-electron chi connectivity index (χ2n) is 8.79. The number of nitrogens with zero attached hydrogens (tertiary/aromatic N) is 2. The number of aromatic amines is 1. The Morgan fingerprint density at radius 3 is 2.23 bits per heavy atom. The van der Waals surface area contributed by atoms with Gasteiger partial charge in [-0.15, -0.1) is 0 Å². The molecule has 3 atom stereocenters. The van der Waals surface area contributed by atoms with Crippen molar-refractivity contribution in [1.82, 2.24) is 25.5 Å². The number of fused-ring (bicyclic) bond motifs is 2. The molecular formula is C25H27N5. The van der Waals surface area contributed by atoms with Crippen LogP contribution in [0, 0.1) is 5.92 Å². The molecule has 2 aromatic carbocycles. The molecule has 5 nitrogen and oxygen atoms in total. The van der Waals surface area contributed by atoms with E-state index >= 15 is 0 Å². The van der Waals surface area contributed by atoms with Crippen molar-refractivity contribution in [2.24, 2.45) is 5.92 Å². The van der Waals surface area contributed by atoms with E-state index in [1.807, 2.05) is 12.4 Å². The zero-order valence-corrected chi connectivity index (χ0v) is 17.2. The summed E-state index contributed by atoms with van der Waals surface area (Å²) in [5.74, 6) is 1.89. The van der Waals surface area contributed by atoms with Crippen LogP contribution in [-0.4, -0.2) is 34.6 Å². The lowest BCUT2D eigenvalue weighted by Gasteiger charge is -2.30. The maximum Gasteiger partial charge on any atom is 0.124 e. The lowest BCUT2D eigenvalue weighted by Crippen LogP contribution is -2.31. The van der Waals surface area contributed by atoms with Gasteiger partial charge in [-0.05, 0) is 54.5 Å². The van der Waals surface area contributed by atoms with E-state index in [0.29, 0.717) is 6.04 Å². The smallest absolute Gasteiger partial charge is 0.124 e. The third-order valence-corrected chi connectivity index (χ3v) is 7.13. The van der Waals surface area contributed by atoms with Crippen molar-refractivity contribution in [3.63, 3.8) is 0 Å². The van der Waals surface area contributed by atoms with E-state index < -0.39 is 0 Å². The van der Waals surface area contributed by atoms with Gasteiger partial charge in [0.1, 0.15) is 5.82 Å². The maximum atomic E-state index is 4.76. The van der Waals surface area contributed by atoms with Gasteiger partial charge < -0.3 is 15.6 Å². The SMILES string of the molecule is CN1C(c2ncc(-c3ccc(-c4ccc(C5=CNCN5)cc4)cc3)[nH]2)C2CC[C@@H]1C2. The number of likely N-dealkylation sites (tertiary alicyclic amines) is 1. The molecule has 1 saturated heterocycles. The number of rotatable bonds is 4. The Bertz CT molecular complexity index is 1080. The quantitative estimate of drug-likeness (QED) is 0.613. The number of aromatic nitrogens is 2. The van der Waals surface area contributed by atoms with E-state index in [2.05, 4.69) is 76.1 Å². The van der Waals surface area contributed by atoms with E-state index in [9.17, 15) is 0 Å². The average molecular weight is 398 g/mol. The summed E-state index contributed by atoms with van der Waals surface area (Å²) in [7, 11) is 2.26. The largest absolute Gasteiger partial charge is 0.372 e. The monoisotopic (exact) mass is 397 g/mol. The second kappa shape index (κ2) is 7.03. The summed E-state index contributed by atoms with van der Waals surface area (Å²) in [6.45, 7) is 0.798. The summed E-state index contributed by atoms with van der Waals surface area (Å²) in [6, 6.07) is 18.7. The van der Waals surface area contributed by atoms with E-state index in [1.165, 1.54) is 41.5 Å². The third-order valence-electron chi connectivity index (χ3n) is 7.13. The van der Waals surface area contributed by atoms with Gasteiger partial charge in [0.25, 0.3) is 0 Å². The molecule has 5 heteroatoms. The van der Waals surface area contributed by atoms with Crippen LogP contribution < -0.4 is 10.6 Å². The minimum atomic E-state index is 0.454. The number of hydrogen-bond acceptors (Lipinski definition) is 4. The van der Waals surface area contributed by atoms with Gasteiger partial charge in [-0.1, -0.05) is 48.5 Å². The lowest BCUT2D eigenvalue weighted by molar-refractivity contribution is 0.171. The Kier molecular flexibility index (Phi) is 4.16. The highest BCUT2D eigenvalue weighted by Crippen LogP contribution is 2.48. The van der Waals surface area contributed by atoms with E-state index in [-0.39, 0.29) is 0 Å². The molecule has 30 heavy (non-hydrogen) atoms. The van der Waals surface area contributed by atoms with E-state index in [0.717, 1.165) is 35.8 Å². The van der Waals surface area contributed by atoms with Crippen LogP contribution in [-0.2, 0) is 0 Å². The molecule has 152 valence electrons. The van der Waals surface area contributed by atoms with Crippen molar-refractivity contribution in [3.05, 3.63) is 72.3 Å². The minimum Gasteiger partial charge on any atom is -0.372 e. The van der Waals surface area contributed by atoms with Crippen LogP contribution in [0.3, 0.4) is 0 Å². The molecule has 2 unspecified atom stereocenters. The highest BCUT2D eigenvalue weighted by Gasteiger charge is 2.45. The van der Waals surface area contributed by atoms with Crippen LogP contribution in [0.1, 0.15) is 36.7 Å². The predicted molar refractivity (Wildman–Crippen MR) is 120 cm³/mol. The molecule has 3 aliphatic rings. The Labute approximate surface area is 177 Å². The first-order chi connectivity index (χ1) is 14.8. The number of piperidine rings is 1. The van der Waals surface area contributed by atoms with Crippen molar-refractivity contribution in [3.8, 4) is 22.4 Å². The minimum absolute atomic E-state index is 0.454. The summed E-state index contributed by atoms with van der Waals surface area (Å²) in [6.07, 6.45) is 8.03. The van der Waals surface area contributed by atoms with Gasteiger partial charge in [0, 0.05) is 12.2 Å². The van der Waals surface area contributed by atoms with Crippen molar-refractivity contribution >= 4 is 5.70 Å². The van der Waals surface area contributed by atoms with Gasteiger partial charge in [-0.2, -0.15) is 0 Å². The van der Waals surface area contributed by atoms with Gasteiger partial charge in [0.05, 0.1) is 30.3 Å². The number of hydrogen-bond donors (Lipinski definition) is 3. The summed E-state index contributed by atoms with van der Waals surface area (Å²) in [5, 5.41) is 6.51. The number of benzene rings is 2. The fraction of sp³-hybridized carbons (Fsp3) is 0.320. The fourth-order valence-electron chi connectivity index (χ4n) is 5.48. The van der Waals surface area contributed by atoms with Gasteiger partial charge in [-0.3, -0.25) is 4.90 Å². The van der Waals surface area contributed by atoms with Crippen molar-refractivity contribution in [2.75, 3.05) is 13.7 Å². The van der Waals surface area contributed by atoms with Crippen LogP contribution in [0.15, 0.2) is 60.9 Å². The highest BCUT2D eigenvalue weighted by atomic mass is 15.2. The molecular weight excluding hydrogens is 370 g/mol. The molecule has 3 heterocycles. The van der Waals surface area contributed by atoms with Crippen LogP contribution in [0.5, 0.6) is 0 Å². The normalized spacial score (nSPS) is 25.2. The molecule has 0 radical (unpaired) electrons. The molecule has 2 fully saturated rings. The number of H-pyrrole nitrogens is 1. The zero-order chi connectivity index (χ0) is 20.1. The molecule has 2 bridgehead atoms. The number of nitrogens with one attached hydrogen (secondary N) is 3. The second-order valence-corrected chi connectivity index (χ2v) is 8.79. The number of imidazole rings is 1. The zero-order valence-electron chi connectivity index (χ0n) is 17.2. The fourth-order valence-corrected chi connectivity index (χ4v) is 5.48. The molecule has 1 saturated carbocycles. The van der Waals surface area contributed by atoms with Crippen LogP contribution in [0.4, 0.5) is 0 Å². The average Bonchev–Trinajstić information content (AvgIpc) is 3.59. The standard InChI is InChI=1S/C25H27N5/c1-30-21-11-10-20(12-21)24(30)25-27-14-23(29-25)19-8-4-17(5-9-19)16-2-6-18(7-3-16)22-13-26-15-28-22/h2-9,13-14,20-21,24,26,28H,10-12,15H2,1H3,(H,27,29)/t20?,21-,24?/m1/s1. The summed E-state index contributed by atoms with van der Waals surface area (Å²) < 4.78 is 0. The molecule has 3 N–H and O–H groups in total. The third kappa shape index (κ3) is 2.92. The van der Waals surface area contributed by atoms with E-state index in [4.69, 9.17) is 4.98 Å². The van der Waals surface area contributed by atoms with Gasteiger partial charge in [-0.25, -0.2) is 4.98 Å². The van der Waals surface area contributed by atoms with Crippen LogP contribution >= 0.6 is 0 Å². The van der Waals surface area contributed by atoms with Crippen LogP contribution in [0.2, 0.25) is 0 Å². The van der Waals surface area contributed by atoms with E-state index in [1.54, 1.807) is 0 Å². The first-order valence-electron chi connectivity index (χ1n) is 10.9. The summed E-state index contributed by atoms with van der Waals surface area (Å²) in [5.41, 5.74) is 7.10. The van der Waals surface area contributed by atoms with Crippen molar-refractivity contribution in [1.29, 1.82) is 0 Å². The Morgan fingerprint density at radius 1 is 0.900 bits per heavy atom. The first-order valence-corrected chi connectivity index (χ1v) is 10.9. The van der Waals surface area contributed by atoms with Crippen molar-refractivity contribution in [2.45, 2.75) is 31.3 Å². The molecule has 1 aromatic heterocycles. The Balaban J connectivity index is 1.21. The molecule has 2 aliphatic heterocycles. The Hall–Kier alpha value is -3.05. The first kappa shape index (κ1) is 17.8. The summed E-state index contributed by atoms with van der Waals surface area (Å²) >= 11 is 0. The Morgan fingerprint density at radius 2 is 1.60 bits per heavy atom. The van der Waals surface area contributed by atoms with Gasteiger partial charge in [0.2, 0.25) is 0 Å². The van der Waals surface area contributed by atoms with Crippen molar-refractivity contribution < 1.29 is 0 Å². The predicted octanol–water partition coefficient (Wildman–Crippen LogP) is 4.35. The lowest BCUT2D eigenvalue weighted by atomic mass is 9.98. The molecule has 6 rings (SSSR count).